The average molecular weight is 538 g/mol. The second-order valence-electron chi connectivity index (χ2n) is 8.98. The fourth-order valence-electron chi connectivity index (χ4n) is 4.35. The second-order valence-corrected chi connectivity index (χ2v) is 10.5. The van der Waals surface area contributed by atoms with Crippen LogP contribution in [0.2, 0.25) is 5.02 Å². The average Bonchev–Trinajstić information content (AvgIpc) is 3.44. The van der Waals surface area contributed by atoms with Gasteiger partial charge in [-0.05, 0) is 41.8 Å². The van der Waals surface area contributed by atoms with E-state index in [1.807, 2.05) is 0 Å². The molecular formula is C27H24ClN3O5S. The summed E-state index contributed by atoms with van der Waals surface area (Å²) in [6.45, 7) is 8.14. The minimum Gasteiger partial charge on any atom is -0.493 e. The van der Waals surface area contributed by atoms with E-state index in [0.717, 1.165) is 11.4 Å². The molecule has 5 rings (SSSR count). The number of fused-ring (bicyclic) bond motifs is 2. The highest BCUT2D eigenvalue weighted by Gasteiger charge is 2.45. The van der Waals surface area contributed by atoms with Gasteiger partial charge in [-0.2, -0.15) is 0 Å². The molecule has 1 unspecified atom stereocenters. The molecule has 0 bridgehead atoms. The molecule has 1 atom stereocenters. The van der Waals surface area contributed by atoms with Crippen molar-refractivity contribution >= 4 is 44.9 Å². The Labute approximate surface area is 222 Å². The molecule has 0 spiro atoms. The maximum atomic E-state index is 13.8. The third-order valence-electron chi connectivity index (χ3n) is 5.94. The molecule has 10 heteroatoms. The Bertz CT molecular complexity index is 1580. The topological polar surface area (TPSA) is 94.8 Å². The molecule has 1 amide bonds. The van der Waals surface area contributed by atoms with Crippen molar-refractivity contribution in [1.82, 2.24) is 10.2 Å². The Hall–Kier alpha value is -3.69. The van der Waals surface area contributed by atoms with Crippen molar-refractivity contribution in [2.75, 3.05) is 18.6 Å². The van der Waals surface area contributed by atoms with E-state index in [1.54, 1.807) is 42.5 Å². The van der Waals surface area contributed by atoms with Gasteiger partial charge < -0.3 is 13.9 Å². The van der Waals surface area contributed by atoms with Gasteiger partial charge in [-0.15, -0.1) is 10.2 Å². The van der Waals surface area contributed by atoms with Gasteiger partial charge in [-0.25, -0.2) is 0 Å². The number of methoxy groups -OCH3 is 1. The van der Waals surface area contributed by atoms with Gasteiger partial charge in [-0.1, -0.05) is 55.5 Å². The number of amides is 1. The predicted molar refractivity (Wildman–Crippen MR) is 143 cm³/mol. The third kappa shape index (κ3) is 4.49. The van der Waals surface area contributed by atoms with Gasteiger partial charge >= 0.3 is 0 Å². The summed E-state index contributed by atoms with van der Waals surface area (Å²) in [5.41, 5.74) is 0.787. The maximum absolute atomic E-state index is 13.8. The summed E-state index contributed by atoms with van der Waals surface area (Å²) in [7, 11) is 1.53. The fourth-order valence-corrected chi connectivity index (χ4v) is 5.60. The molecule has 0 fully saturated rings. The van der Waals surface area contributed by atoms with Crippen LogP contribution in [-0.4, -0.2) is 29.8 Å². The van der Waals surface area contributed by atoms with Crippen LogP contribution >= 0.6 is 22.9 Å². The highest BCUT2D eigenvalue weighted by Crippen LogP contribution is 2.44. The maximum Gasteiger partial charge on any atom is 0.297 e. The molecule has 1 aliphatic heterocycles. The van der Waals surface area contributed by atoms with Gasteiger partial charge in [0.25, 0.3) is 5.91 Å². The number of nitrogens with zero attached hydrogens (tertiary/aromatic N) is 3. The largest absolute Gasteiger partial charge is 0.493 e. The number of rotatable bonds is 8. The molecule has 4 aromatic rings. The molecule has 37 heavy (non-hydrogen) atoms. The molecule has 1 aliphatic rings. The normalized spacial score (nSPS) is 14.9. The summed E-state index contributed by atoms with van der Waals surface area (Å²) in [4.78, 5) is 29.0. The number of ether oxygens (including phenoxy) is 2. The van der Waals surface area contributed by atoms with Crippen LogP contribution in [0.15, 0.2) is 58.3 Å². The molecular weight excluding hydrogens is 514 g/mol. The summed E-state index contributed by atoms with van der Waals surface area (Å²) in [6.07, 6.45) is 2.35. The van der Waals surface area contributed by atoms with Crippen molar-refractivity contribution in [3.8, 4) is 11.5 Å². The molecule has 0 N–H and O–H groups in total. The summed E-state index contributed by atoms with van der Waals surface area (Å²) >= 11 is 7.50. The van der Waals surface area contributed by atoms with E-state index in [-0.39, 0.29) is 22.3 Å². The molecule has 0 radical (unpaired) electrons. The van der Waals surface area contributed by atoms with Gasteiger partial charge in [0.05, 0.1) is 24.1 Å². The van der Waals surface area contributed by atoms with Crippen molar-refractivity contribution in [3.05, 3.63) is 86.2 Å². The molecule has 2 aromatic heterocycles. The minimum absolute atomic E-state index is 0.0311. The first-order chi connectivity index (χ1) is 17.8. The Morgan fingerprint density at radius 3 is 2.73 bits per heavy atom. The number of benzene rings is 2. The van der Waals surface area contributed by atoms with Crippen LogP contribution in [0, 0.1) is 5.92 Å². The van der Waals surface area contributed by atoms with E-state index in [0.29, 0.717) is 45.1 Å². The number of hydrogen-bond acceptors (Lipinski definition) is 8. The molecule has 190 valence electrons. The Balaban J connectivity index is 1.72. The lowest BCUT2D eigenvalue weighted by Crippen LogP contribution is -2.29. The second kappa shape index (κ2) is 9.99. The summed E-state index contributed by atoms with van der Waals surface area (Å²) < 4.78 is 17.2. The molecule has 3 heterocycles. The van der Waals surface area contributed by atoms with E-state index in [1.165, 1.54) is 23.3 Å². The smallest absolute Gasteiger partial charge is 0.297 e. The molecule has 0 aliphatic carbocycles. The van der Waals surface area contributed by atoms with E-state index in [4.69, 9.17) is 25.5 Å². The first-order valence-electron chi connectivity index (χ1n) is 11.7. The number of carbonyl (C=O) groups excluding carboxylic acids is 1. The van der Waals surface area contributed by atoms with Crippen LogP contribution in [-0.2, 0) is 6.42 Å². The Morgan fingerprint density at radius 2 is 2.00 bits per heavy atom. The van der Waals surface area contributed by atoms with Crippen molar-refractivity contribution in [2.45, 2.75) is 26.3 Å². The van der Waals surface area contributed by atoms with Crippen LogP contribution in [0.25, 0.3) is 11.0 Å². The van der Waals surface area contributed by atoms with Crippen LogP contribution in [0.4, 0.5) is 5.13 Å². The molecule has 0 saturated carbocycles. The number of hydrogen-bond donors (Lipinski definition) is 0. The highest BCUT2D eigenvalue weighted by molar-refractivity contribution is 7.15. The van der Waals surface area contributed by atoms with Crippen LogP contribution < -0.4 is 19.8 Å². The Kier molecular flexibility index (Phi) is 6.74. The molecule has 2 aromatic carbocycles. The number of halogens is 1. The lowest BCUT2D eigenvalue weighted by atomic mass is 9.98. The third-order valence-corrected chi connectivity index (χ3v) is 7.12. The zero-order valence-electron chi connectivity index (χ0n) is 20.5. The van der Waals surface area contributed by atoms with Crippen molar-refractivity contribution in [2.24, 2.45) is 5.92 Å². The quantitative estimate of drug-likeness (QED) is 0.261. The van der Waals surface area contributed by atoms with E-state index in [2.05, 4.69) is 30.6 Å². The highest BCUT2D eigenvalue weighted by atomic mass is 35.5. The Morgan fingerprint density at radius 1 is 1.19 bits per heavy atom. The first kappa shape index (κ1) is 25.0. The molecule has 8 nitrogen and oxygen atoms in total. The fraction of sp³-hybridized carbons (Fsp3) is 0.259. The summed E-state index contributed by atoms with van der Waals surface area (Å²) in [5, 5.41) is 10.5. The standard InChI is InChI=1S/C27H24ClN3O5S/c1-5-10-35-19-8-6-15(12-20(19)34-4)23-22-24(32)17-13-16(28)7-9-18(17)36-25(22)26(33)31(23)27-30-29-21(37-27)11-14(2)3/h5-9,12-14,23H,1,10-11H2,2-4H3. The van der Waals surface area contributed by atoms with Gasteiger partial charge in [0.15, 0.2) is 16.9 Å². The SMILES string of the molecule is C=CCOc1ccc(C2c3c(oc4ccc(Cl)cc4c3=O)C(=O)N2c2nnc(CC(C)C)s2)cc1OC. The zero-order chi connectivity index (χ0) is 26.3. The van der Waals surface area contributed by atoms with Crippen molar-refractivity contribution in [1.29, 1.82) is 0 Å². The summed E-state index contributed by atoms with van der Waals surface area (Å²) in [6, 6.07) is 9.21. The first-order valence-corrected chi connectivity index (χ1v) is 12.9. The lowest BCUT2D eigenvalue weighted by molar-refractivity contribution is 0.0970. The zero-order valence-corrected chi connectivity index (χ0v) is 22.1. The minimum atomic E-state index is -0.815. The van der Waals surface area contributed by atoms with Crippen LogP contribution in [0.3, 0.4) is 0 Å². The number of aromatic nitrogens is 2. The van der Waals surface area contributed by atoms with Crippen LogP contribution in [0.5, 0.6) is 11.5 Å². The van der Waals surface area contributed by atoms with Crippen LogP contribution in [0.1, 0.15) is 46.6 Å². The number of carbonyl (C=O) groups is 1. The summed E-state index contributed by atoms with van der Waals surface area (Å²) in [5.74, 6) is 0.832. The van der Waals surface area contributed by atoms with E-state index in [9.17, 15) is 9.59 Å². The lowest BCUT2D eigenvalue weighted by Gasteiger charge is -2.23. The van der Waals surface area contributed by atoms with Crippen molar-refractivity contribution in [3.63, 3.8) is 0 Å². The number of anilines is 1. The van der Waals surface area contributed by atoms with Gasteiger partial charge in [0.1, 0.15) is 17.2 Å². The van der Waals surface area contributed by atoms with Crippen molar-refractivity contribution < 1.29 is 18.7 Å². The van der Waals surface area contributed by atoms with Gasteiger partial charge in [0.2, 0.25) is 10.9 Å². The monoisotopic (exact) mass is 537 g/mol. The predicted octanol–water partition coefficient (Wildman–Crippen LogP) is 5.82. The van der Waals surface area contributed by atoms with Gasteiger partial charge in [0, 0.05) is 11.4 Å². The van der Waals surface area contributed by atoms with E-state index >= 15 is 0 Å². The van der Waals surface area contributed by atoms with Gasteiger partial charge in [-0.3, -0.25) is 14.5 Å². The van der Waals surface area contributed by atoms with E-state index < -0.39 is 11.9 Å². The molecule has 0 saturated heterocycles.